The third-order valence-electron chi connectivity index (χ3n) is 3.27. The highest BCUT2D eigenvalue weighted by Gasteiger charge is 2.32. The van der Waals surface area contributed by atoms with E-state index in [9.17, 15) is 18.3 Å². The number of alkyl halides is 3. The van der Waals surface area contributed by atoms with Gasteiger partial charge in [-0.3, -0.25) is 0 Å². The minimum Gasteiger partial charge on any atom is -0.508 e. The van der Waals surface area contributed by atoms with Gasteiger partial charge in [-0.25, -0.2) is 9.97 Å². The van der Waals surface area contributed by atoms with Gasteiger partial charge in [-0.05, 0) is 41.5 Å². The molecule has 0 radical (unpaired) electrons. The monoisotopic (exact) mass is 331 g/mol. The SMILES string of the molecule is Oc1ccc(-c2cccc(Nc3nccc(C(F)(F)F)n3)c2)cc1. The highest BCUT2D eigenvalue weighted by atomic mass is 19.4. The molecule has 0 aliphatic heterocycles. The van der Waals surface area contributed by atoms with Crippen LogP contribution in [0.4, 0.5) is 24.8 Å². The molecule has 0 saturated carbocycles. The molecule has 1 heterocycles. The van der Waals surface area contributed by atoms with E-state index in [4.69, 9.17) is 0 Å². The minimum absolute atomic E-state index is 0.132. The van der Waals surface area contributed by atoms with Gasteiger partial charge in [-0.1, -0.05) is 24.3 Å². The molecule has 7 heteroatoms. The summed E-state index contributed by atoms with van der Waals surface area (Å²) in [5.41, 5.74) is 1.25. The average molecular weight is 331 g/mol. The summed E-state index contributed by atoms with van der Waals surface area (Å²) in [4.78, 5) is 7.28. The van der Waals surface area contributed by atoms with E-state index in [1.54, 1.807) is 42.5 Å². The lowest BCUT2D eigenvalue weighted by Crippen LogP contribution is -2.10. The van der Waals surface area contributed by atoms with E-state index in [-0.39, 0.29) is 11.7 Å². The van der Waals surface area contributed by atoms with Gasteiger partial charge in [0.2, 0.25) is 5.95 Å². The Morgan fingerprint density at radius 3 is 2.38 bits per heavy atom. The number of anilines is 2. The molecule has 24 heavy (non-hydrogen) atoms. The third-order valence-corrected chi connectivity index (χ3v) is 3.27. The number of phenols is 1. The third kappa shape index (κ3) is 3.62. The zero-order chi connectivity index (χ0) is 17.2. The van der Waals surface area contributed by atoms with Gasteiger partial charge in [0.15, 0.2) is 0 Å². The van der Waals surface area contributed by atoms with Crippen LogP contribution in [0.25, 0.3) is 11.1 Å². The Hall–Kier alpha value is -3.09. The lowest BCUT2D eigenvalue weighted by atomic mass is 10.1. The lowest BCUT2D eigenvalue weighted by Gasteiger charge is -2.10. The van der Waals surface area contributed by atoms with Crippen molar-refractivity contribution in [2.75, 3.05) is 5.32 Å². The smallest absolute Gasteiger partial charge is 0.433 e. The first-order valence-electron chi connectivity index (χ1n) is 6.98. The lowest BCUT2D eigenvalue weighted by molar-refractivity contribution is -0.141. The fraction of sp³-hybridized carbons (Fsp3) is 0.0588. The normalized spacial score (nSPS) is 11.3. The molecule has 122 valence electrons. The predicted octanol–water partition coefficient (Wildman–Crippen LogP) is 4.61. The van der Waals surface area contributed by atoms with Crippen LogP contribution < -0.4 is 5.32 Å². The molecule has 0 saturated heterocycles. The zero-order valence-electron chi connectivity index (χ0n) is 12.2. The Morgan fingerprint density at radius 1 is 0.917 bits per heavy atom. The minimum atomic E-state index is -4.52. The summed E-state index contributed by atoms with van der Waals surface area (Å²) in [7, 11) is 0. The van der Waals surface area contributed by atoms with E-state index < -0.39 is 11.9 Å². The number of rotatable bonds is 3. The molecule has 0 atom stereocenters. The molecule has 3 rings (SSSR count). The first kappa shape index (κ1) is 15.8. The van der Waals surface area contributed by atoms with Gasteiger partial charge in [-0.15, -0.1) is 0 Å². The number of halogens is 3. The van der Waals surface area contributed by atoms with Crippen molar-refractivity contribution in [2.24, 2.45) is 0 Å². The molecule has 2 aromatic carbocycles. The van der Waals surface area contributed by atoms with Crippen molar-refractivity contribution in [3.8, 4) is 16.9 Å². The second kappa shape index (κ2) is 6.19. The number of aromatic hydroxyl groups is 1. The van der Waals surface area contributed by atoms with Crippen molar-refractivity contribution in [3.63, 3.8) is 0 Å². The number of hydrogen-bond donors (Lipinski definition) is 2. The molecule has 0 aliphatic carbocycles. The second-order valence-corrected chi connectivity index (χ2v) is 5.02. The van der Waals surface area contributed by atoms with Crippen molar-refractivity contribution in [2.45, 2.75) is 6.18 Å². The summed E-state index contributed by atoms with van der Waals surface area (Å²) >= 11 is 0. The van der Waals surface area contributed by atoms with Gasteiger partial charge >= 0.3 is 6.18 Å². The average Bonchev–Trinajstić information content (AvgIpc) is 2.55. The van der Waals surface area contributed by atoms with E-state index >= 15 is 0 Å². The van der Waals surface area contributed by atoms with Gasteiger partial charge in [0.1, 0.15) is 11.4 Å². The Bertz CT molecular complexity index is 848. The number of hydrogen-bond acceptors (Lipinski definition) is 4. The Labute approximate surface area is 135 Å². The molecule has 3 aromatic rings. The summed E-state index contributed by atoms with van der Waals surface area (Å²) < 4.78 is 38.1. The molecule has 0 fully saturated rings. The van der Waals surface area contributed by atoms with Gasteiger partial charge in [0.05, 0.1) is 0 Å². The maximum Gasteiger partial charge on any atom is 0.433 e. The molecule has 0 unspecified atom stereocenters. The van der Waals surface area contributed by atoms with Crippen LogP contribution in [0, 0.1) is 0 Å². The van der Waals surface area contributed by atoms with E-state index in [0.717, 1.165) is 23.4 Å². The van der Waals surface area contributed by atoms with Crippen LogP contribution in [-0.4, -0.2) is 15.1 Å². The molecule has 1 aromatic heterocycles. The maximum absolute atomic E-state index is 12.7. The number of nitrogens with one attached hydrogen (secondary N) is 1. The maximum atomic E-state index is 12.7. The largest absolute Gasteiger partial charge is 0.508 e. The predicted molar refractivity (Wildman–Crippen MR) is 83.9 cm³/mol. The Morgan fingerprint density at radius 2 is 1.67 bits per heavy atom. The van der Waals surface area contributed by atoms with Crippen LogP contribution in [-0.2, 0) is 6.18 Å². The number of aromatic nitrogens is 2. The van der Waals surface area contributed by atoms with Crippen LogP contribution in [0.1, 0.15) is 5.69 Å². The van der Waals surface area contributed by atoms with Gasteiger partial charge < -0.3 is 10.4 Å². The van der Waals surface area contributed by atoms with Crippen LogP contribution in [0.3, 0.4) is 0 Å². The fourth-order valence-electron chi connectivity index (χ4n) is 2.14. The van der Waals surface area contributed by atoms with Crippen molar-refractivity contribution in [1.82, 2.24) is 9.97 Å². The number of benzene rings is 2. The molecular weight excluding hydrogens is 319 g/mol. The van der Waals surface area contributed by atoms with Gasteiger partial charge in [-0.2, -0.15) is 13.2 Å². The summed E-state index contributed by atoms with van der Waals surface area (Å²) in [6.07, 6.45) is -3.46. The van der Waals surface area contributed by atoms with Crippen molar-refractivity contribution >= 4 is 11.6 Å². The molecule has 0 aliphatic rings. The standard InChI is InChI=1S/C17H12F3N3O/c18-17(19,20)15-8-9-21-16(23-15)22-13-3-1-2-12(10-13)11-4-6-14(24)7-5-11/h1-10,24H,(H,21,22,23). The van der Waals surface area contributed by atoms with E-state index in [1.165, 1.54) is 0 Å². The van der Waals surface area contributed by atoms with E-state index in [1.807, 2.05) is 6.07 Å². The number of phenolic OH excluding ortho intramolecular Hbond substituents is 1. The summed E-state index contributed by atoms with van der Waals surface area (Å²) in [6, 6.07) is 14.5. The molecule has 0 amide bonds. The quantitative estimate of drug-likeness (QED) is 0.736. The Balaban J connectivity index is 1.86. The Kier molecular flexibility index (Phi) is 4.07. The van der Waals surface area contributed by atoms with Gasteiger partial charge in [0.25, 0.3) is 0 Å². The van der Waals surface area contributed by atoms with E-state index in [2.05, 4.69) is 15.3 Å². The highest BCUT2D eigenvalue weighted by molar-refractivity contribution is 5.70. The van der Waals surface area contributed by atoms with Crippen molar-refractivity contribution in [1.29, 1.82) is 0 Å². The second-order valence-electron chi connectivity index (χ2n) is 5.02. The fourth-order valence-corrected chi connectivity index (χ4v) is 2.14. The molecule has 0 bridgehead atoms. The zero-order valence-corrected chi connectivity index (χ0v) is 12.2. The van der Waals surface area contributed by atoms with Crippen LogP contribution >= 0.6 is 0 Å². The van der Waals surface area contributed by atoms with Gasteiger partial charge in [0, 0.05) is 11.9 Å². The molecule has 4 nitrogen and oxygen atoms in total. The molecule has 0 spiro atoms. The highest BCUT2D eigenvalue weighted by Crippen LogP contribution is 2.29. The van der Waals surface area contributed by atoms with Crippen LogP contribution in [0.2, 0.25) is 0 Å². The van der Waals surface area contributed by atoms with Crippen molar-refractivity contribution in [3.05, 3.63) is 66.5 Å². The molecule has 2 N–H and O–H groups in total. The van der Waals surface area contributed by atoms with Crippen LogP contribution in [0.5, 0.6) is 5.75 Å². The van der Waals surface area contributed by atoms with E-state index in [0.29, 0.717) is 5.69 Å². The number of nitrogens with zero attached hydrogens (tertiary/aromatic N) is 2. The summed E-state index contributed by atoms with van der Waals surface area (Å²) in [5, 5.41) is 12.1. The summed E-state index contributed by atoms with van der Waals surface area (Å²) in [5.74, 6) is 0.0260. The van der Waals surface area contributed by atoms with Crippen LogP contribution in [0.15, 0.2) is 60.8 Å². The van der Waals surface area contributed by atoms with Crippen molar-refractivity contribution < 1.29 is 18.3 Å². The first-order valence-corrected chi connectivity index (χ1v) is 6.98. The topological polar surface area (TPSA) is 58.0 Å². The first-order chi connectivity index (χ1) is 11.4. The molecular formula is C17H12F3N3O. The summed E-state index contributed by atoms with van der Waals surface area (Å²) in [6.45, 7) is 0.